The van der Waals surface area contributed by atoms with Crippen LogP contribution in [0.15, 0.2) is 53.5 Å². The Morgan fingerprint density at radius 2 is 1.83 bits per heavy atom. The number of hydrogen-bond donors (Lipinski definition) is 1. The van der Waals surface area contributed by atoms with Crippen LogP contribution < -0.4 is 11.0 Å². The number of rotatable bonds is 7. The van der Waals surface area contributed by atoms with Gasteiger partial charge in [-0.2, -0.15) is 5.10 Å². The van der Waals surface area contributed by atoms with E-state index in [1.807, 2.05) is 42.5 Å². The summed E-state index contributed by atoms with van der Waals surface area (Å²) in [7, 11) is 3.01. The van der Waals surface area contributed by atoms with Crippen LogP contribution in [0.25, 0.3) is 0 Å². The first-order chi connectivity index (χ1) is 17.2. The van der Waals surface area contributed by atoms with Crippen molar-refractivity contribution in [1.82, 2.24) is 29.5 Å². The van der Waals surface area contributed by atoms with E-state index in [2.05, 4.69) is 29.2 Å². The standard InChI is InChI=1S/C26H31FN6O3/c1-16(2)18-10-11-20(28-14-18)24(17-8-6-5-7-9-17)29-25(35)21-12-19(27)15-33(21)23(34)13-22-30-32(4)26(36)31(22)3/h5-11,14,16,19,21,24H,12-13,15H2,1-4H3,(H,29,35)/t19-,21+,24+/m1/s1. The van der Waals surface area contributed by atoms with Gasteiger partial charge in [-0.05, 0) is 23.1 Å². The molecule has 2 amide bonds. The third kappa shape index (κ3) is 5.22. The fraction of sp³-hybridized carbons (Fsp3) is 0.423. The molecule has 0 bridgehead atoms. The predicted octanol–water partition coefficient (Wildman–Crippen LogP) is 2.02. The normalized spacial score (nSPS) is 18.4. The van der Waals surface area contributed by atoms with Crippen LogP contribution in [0.5, 0.6) is 0 Å². The lowest BCUT2D eigenvalue weighted by atomic mass is 10.00. The largest absolute Gasteiger partial charge is 0.345 e. The van der Waals surface area contributed by atoms with Gasteiger partial charge in [0.15, 0.2) is 0 Å². The van der Waals surface area contributed by atoms with Gasteiger partial charge < -0.3 is 10.2 Å². The van der Waals surface area contributed by atoms with Crippen LogP contribution in [0, 0.1) is 0 Å². The number of carbonyl (C=O) groups is 2. The molecule has 36 heavy (non-hydrogen) atoms. The number of hydrogen-bond acceptors (Lipinski definition) is 5. The van der Waals surface area contributed by atoms with Crippen molar-refractivity contribution in [2.45, 2.75) is 50.9 Å². The van der Waals surface area contributed by atoms with Crippen molar-refractivity contribution >= 4 is 11.8 Å². The second kappa shape index (κ2) is 10.4. The maximum Gasteiger partial charge on any atom is 0.345 e. The molecule has 0 radical (unpaired) electrons. The van der Waals surface area contributed by atoms with E-state index in [9.17, 15) is 18.8 Å². The topological polar surface area (TPSA) is 102 Å². The van der Waals surface area contributed by atoms with Crippen LogP contribution in [0.1, 0.15) is 54.9 Å². The number of carbonyl (C=O) groups excluding carboxylic acids is 2. The van der Waals surface area contributed by atoms with Crippen molar-refractivity contribution < 1.29 is 14.0 Å². The number of alkyl halides is 1. The van der Waals surface area contributed by atoms with Gasteiger partial charge in [0, 0.05) is 26.7 Å². The summed E-state index contributed by atoms with van der Waals surface area (Å²) in [5, 5.41) is 7.07. The molecule has 0 spiro atoms. The van der Waals surface area contributed by atoms with Crippen molar-refractivity contribution in [2.24, 2.45) is 14.1 Å². The molecular formula is C26H31FN6O3. The molecule has 4 rings (SSSR count). The highest BCUT2D eigenvalue weighted by Crippen LogP contribution is 2.26. The summed E-state index contributed by atoms with van der Waals surface area (Å²) in [5.41, 5.74) is 2.19. The van der Waals surface area contributed by atoms with Gasteiger partial charge in [0.2, 0.25) is 11.8 Å². The van der Waals surface area contributed by atoms with Crippen molar-refractivity contribution in [3.8, 4) is 0 Å². The van der Waals surface area contributed by atoms with Gasteiger partial charge in [-0.15, -0.1) is 0 Å². The first-order valence-electron chi connectivity index (χ1n) is 12.0. The van der Waals surface area contributed by atoms with Crippen molar-refractivity contribution in [2.75, 3.05) is 6.54 Å². The van der Waals surface area contributed by atoms with Gasteiger partial charge in [0.05, 0.1) is 24.7 Å². The zero-order chi connectivity index (χ0) is 26.0. The van der Waals surface area contributed by atoms with Crippen LogP contribution in [0.4, 0.5) is 4.39 Å². The molecule has 1 N–H and O–H groups in total. The Morgan fingerprint density at radius 3 is 2.42 bits per heavy atom. The molecule has 3 heterocycles. The van der Waals surface area contributed by atoms with E-state index in [0.717, 1.165) is 15.8 Å². The molecule has 0 saturated carbocycles. The SMILES string of the molecule is CC(C)c1ccc([C@@H](NC(=O)[C@@H]2C[C@@H](F)CN2C(=O)Cc2nn(C)c(=O)n2C)c2ccccc2)nc1. The molecule has 0 aliphatic carbocycles. The average Bonchev–Trinajstić information content (AvgIpc) is 3.38. The molecule has 1 aliphatic rings. The average molecular weight is 495 g/mol. The van der Waals surface area contributed by atoms with Gasteiger partial charge >= 0.3 is 5.69 Å². The molecule has 1 fully saturated rings. The number of likely N-dealkylation sites (tertiary alicyclic amines) is 1. The molecule has 3 aromatic rings. The Kier molecular flexibility index (Phi) is 7.32. The van der Waals surface area contributed by atoms with E-state index in [1.165, 1.54) is 23.6 Å². The number of amides is 2. The smallest absolute Gasteiger partial charge is 0.342 e. The van der Waals surface area contributed by atoms with Crippen molar-refractivity contribution in [3.63, 3.8) is 0 Å². The van der Waals surface area contributed by atoms with Crippen LogP contribution in [0.2, 0.25) is 0 Å². The maximum atomic E-state index is 14.5. The van der Waals surface area contributed by atoms with Gasteiger partial charge in [-0.1, -0.05) is 50.2 Å². The number of aromatic nitrogens is 4. The minimum absolute atomic E-state index is 0.0973. The summed E-state index contributed by atoms with van der Waals surface area (Å²) >= 11 is 0. The van der Waals surface area contributed by atoms with E-state index < -0.39 is 30.1 Å². The summed E-state index contributed by atoms with van der Waals surface area (Å²) in [5.74, 6) is -0.346. The molecule has 9 nitrogen and oxygen atoms in total. The second-order valence-corrected chi connectivity index (χ2v) is 9.48. The van der Waals surface area contributed by atoms with Crippen molar-refractivity contribution in [3.05, 3.63) is 81.8 Å². The molecule has 2 aromatic heterocycles. The first-order valence-corrected chi connectivity index (χ1v) is 12.0. The maximum absolute atomic E-state index is 14.5. The predicted molar refractivity (Wildman–Crippen MR) is 132 cm³/mol. The van der Waals surface area contributed by atoms with E-state index >= 15 is 0 Å². The van der Waals surface area contributed by atoms with Crippen molar-refractivity contribution in [1.29, 1.82) is 0 Å². The molecule has 3 atom stereocenters. The van der Waals surface area contributed by atoms with Crippen LogP contribution in [0.3, 0.4) is 0 Å². The fourth-order valence-electron chi connectivity index (χ4n) is 4.45. The molecule has 1 aliphatic heterocycles. The minimum Gasteiger partial charge on any atom is -0.342 e. The summed E-state index contributed by atoms with van der Waals surface area (Å²) in [6.07, 6.45) is 0.168. The van der Waals surface area contributed by atoms with E-state index in [1.54, 1.807) is 6.20 Å². The molecular weight excluding hydrogens is 463 g/mol. The third-order valence-electron chi connectivity index (χ3n) is 6.59. The Morgan fingerprint density at radius 1 is 1.11 bits per heavy atom. The van der Waals surface area contributed by atoms with E-state index in [-0.39, 0.29) is 30.9 Å². The third-order valence-corrected chi connectivity index (χ3v) is 6.59. The number of aryl methyl sites for hydroxylation is 1. The van der Waals surface area contributed by atoms with Gasteiger partial charge in [0.25, 0.3) is 0 Å². The number of nitrogens with zero attached hydrogens (tertiary/aromatic N) is 5. The summed E-state index contributed by atoms with van der Waals surface area (Å²) in [6.45, 7) is 3.97. The van der Waals surface area contributed by atoms with Gasteiger partial charge in [0.1, 0.15) is 18.0 Å². The lowest BCUT2D eigenvalue weighted by molar-refractivity contribution is -0.138. The highest BCUT2D eigenvalue weighted by atomic mass is 19.1. The highest BCUT2D eigenvalue weighted by molar-refractivity contribution is 5.89. The molecule has 10 heteroatoms. The monoisotopic (exact) mass is 494 g/mol. The number of pyridine rings is 1. The van der Waals surface area contributed by atoms with Gasteiger partial charge in [-0.25, -0.2) is 13.9 Å². The minimum atomic E-state index is -1.32. The number of benzene rings is 1. The number of halogens is 1. The van der Waals surface area contributed by atoms with Crippen LogP contribution in [-0.2, 0) is 30.1 Å². The molecule has 1 aromatic carbocycles. The Labute approximate surface area is 209 Å². The number of nitrogens with one attached hydrogen (secondary N) is 1. The highest BCUT2D eigenvalue weighted by Gasteiger charge is 2.41. The zero-order valence-corrected chi connectivity index (χ0v) is 20.9. The fourth-order valence-corrected chi connectivity index (χ4v) is 4.45. The lowest BCUT2D eigenvalue weighted by Crippen LogP contribution is -2.47. The summed E-state index contributed by atoms with van der Waals surface area (Å²) < 4.78 is 16.9. The Balaban J connectivity index is 1.57. The second-order valence-electron chi connectivity index (χ2n) is 9.48. The zero-order valence-electron chi connectivity index (χ0n) is 20.9. The van der Waals surface area contributed by atoms with Crippen LogP contribution >= 0.6 is 0 Å². The summed E-state index contributed by atoms with van der Waals surface area (Å²) in [6, 6.07) is 11.7. The Hall–Kier alpha value is -3.82. The first kappa shape index (κ1) is 25.3. The molecule has 190 valence electrons. The summed E-state index contributed by atoms with van der Waals surface area (Å²) in [4.78, 5) is 44.3. The van der Waals surface area contributed by atoms with Gasteiger partial charge in [-0.3, -0.25) is 19.1 Å². The molecule has 1 saturated heterocycles. The quantitative estimate of drug-likeness (QED) is 0.542. The molecule has 0 unspecified atom stereocenters. The lowest BCUT2D eigenvalue weighted by Gasteiger charge is -2.26. The van der Waals surface area contributed by atoms with E-state index in [0.29, 0.717) is 11.6 Å². The van der Waals surface area contributed by atoms with Crippen LogP contribution in [-0.4, -0.2) is 54.8 Å². The Bertz CT molecular complexity index is 1290. The van der Waals surface area contributed by atoms with E-state index in [4.69, 9.17) is 0 Å².